The predicted molar refractivity (Wildman–Crippen MR) is 70.8 cm³/mol. The van der Waals surface area contributed by atoms with Crippen LogP contribution in [-0.4, -0.2) is 51.0 Å². The van der Waals surface area contributed by atoms with Crippen LogP contribution in [0.5, 0.6) is 0 Å². The lowest BCUT2D eigenvalue weighted by Crippen LogP contribution is -2.40. The van der Waals surface area contributed by atoms with Crippen LogP contribution < -0.4 is 4.72 Å². The Morgan fingerprint density at radius 2 is 1.95 bits per heavy atom. The lowest BCUT2D eigenvalue weighted by molar-refractivity contribution is 0.0600. The zero-order valence-corrected chi connectivity index (χ0v) is 12.0. The Labute approximate surface area is 117 Å². The first kappa shape index (κ1) is 16.6. The molecular weight excluding hydrogens is 286 g/mol. The van der Waals surface area contributed by atoms with Crippen LogP contribution in [0.15, 0.2) is 23.1 Å². The monoisotopic (exact) mass is 303 g/mol. The molecule has 0 unspecified atom stereocenters. The van der Waals surface area contributed by atoms with E-state index in [1.54, 1.807) is 6.92 Å². The van der Waals surface area contributed by atoms with Crippen molar-refractivity contribution in [1.29, 1.82) is 0 Å². The molecule has 0 aliphatic rings. The second kappa shape index (κ2) is 6.80. The molecule has 3 N–H and O–H groups in total. The van der Waals surface area contributed by atoms with Gasteiger partial charge in [0.2, 0.25) is 10.0 Å². The van der Waals surface area contributed by atoms with E-state index in [0.29, 0.717) is 5.56 Å². The molecule has 7 nitrogen and oxygen atoms in total. The lowest BCUT2D eigenvalue weighted by Gasteiger charge is -2.15. The number of hydrogen-bond donors (Lipinski definition) is 3. The Hall–Kier alpha value is -1.48. The van der Waals surface area contributed by atoms with Crippen LogP contribution in [0, 0.1) is 6.92 Å². The SMILES string of the molecule is COC(=O)c1ccc(C)c(S(=O)(=O)NC(CO)CO)c1. The Morgan fingerprint density at radius 1 is 1.35 bits per heavy atom. The summed E-state index contributed by atoms with van der Waals surface area (Å²) in [7, 11) is -2.76. The van der Waals surface area contributed by atoms with E-state index in [0.717, 1.165) is 0 Å². The number of aliphatic hydroxyl groups is 2. The number of benzene rings is 1. The number of ether oxygens (including phenoxy) is 1. The van der Waals surface area contributed by atoms with Gasteiger partial charge in [0.15, 0.2) is 0 Å². The minimum Gasteiger partial charge on any atom is -0.465 e. The average Bonchev–Trinajstić information content (AvgIpc) is 2.44. The molecule has 0 radical (unpaired) electrons. The van der Waals surface area contributed by atoms with Crippen molar-refractivity contribution < 1.29 is 28.2 Å². The summed E-state index contributed by atoms with van der Waals surface area (Å²) in [5.41, 5.74) is 0.530. The van der Waals surface area contributed by atoms with Gasteiger partial charge in [-0.15, -0.1) is 0 Å². The highest BCUT2D eigenvalue weighted by atomic mass is 32.2. The van der Waals surface area contributed by atoms with E-state index in [2.05, 4.69) is 9.46 Å². The van der Waals surface area contributed by atoms with Crippen molar-refractivity contribution in [2.24, 2.45) is 0 Å². The Kier molecular flexibility index (Phi) is 5.63. The number of aliphatic hydroxyl groups excluding tert-OH is 2. The predicted octanol–water partition coefficient (Wildman–Crippen LogP) is -0.587. The molecule has 0 bridgehead atoms. The third-order valence-electron chi connectivity index (χ3n) is 2.66. The van der Waals surface area contributed by atoms with Crippen LogP contribution >= 0.6 is 0 Å². The molecule has 1 aromatic carbocycles. The number of methoxy groups -OCH3 is 1. The number of nitrogens with one attached hydrogen (secondary N) is 1. The van der Waals surface area contributed by atoms with E-state index in [1.165, 1.54) is 25.3 Å². The van der Waals surface area contributed by atoms with Crippen LogP contribution in [0.25, 0.3) is 0 Å². The zero-order valence-electron chi connectivity index (χ0n) is 11.2. The smallest absolute Gasteiger partial charge is 0.337 e. The van der Waals surface area contributed by atoms with Crippen molar-refractivity contribution in [2.75, 3.05) is 20.3 Å². The van der Waals surface area contributed by atoms with Crippen molar-refractivity contribution in [2.45, 2.75) is 17.9 Å². The van der Waals surface area contributed by atoms with Gasteiger partial charge in [-0.05, 0) is 24.6 Å². The van der Waals surface area contributed by atoms with E-state index in [-0.39, 0.29) is 10.5 Å². The molecule has 1 rings (SSSR count). The molecule has 0 aromatic heterocycles. The summed E-state index contributed by atoms with van der Waals surface area (Å²) < 4.78 is 31.0. The quantitative estimate of drug-likeness (QED) is 0.606. The van der Waals surface area contributed by atoms with Gasteiger partial charge in [0.25, 0.3) is 0 Å². The van der Waals surface area contributed by atoms with Crippen molar-refractivity contribution in [3.05, 3.63) is 29.3 Å². The van der Waals surface area contributed by atoms with Crippen molar-refractivity contribution >= 4 is 16.0 Å². The van der Waals surface area contributed by atoms with E-state index in [1.807, 2.05) is 0 Å². The lowest BCUT2D eigenvalue weighted by atomic mass is 10.1. The number of hydrogen-bond acceptors (Lipinski definition) is 6. The second-order valence-corrected chi connectivity index (χ2v) is 5.84. The topological polar surface area (TPSA) is 113 Å². The fourth-order valence-electron chi connectivity index (χ4n) is 1.55. The number of aryl methyl sites for hydroxylation is 1. The maximum Gasteiger partial charge on any atom is 0.337 e. The van der Waals surface area contributed by atoms with Gasteiger partial charge < -0.3 is 14.9 Å². The summed E-state index contributed by atoms with van der Waals surface area (Å²) in [5, 5.41) is 17.9. The largest absolute Gasteiger partial charge is 0.465 e. The molecule has 112 valence electrons. The highest BCUT2D eigenvalue weighted by molar-refractivity contribution is 7.89. The third kappa shape index (κ3) is 3.76. The minimum atomic E-state index is -3.96. The number of carbonyl (C=O) groups is 1. The maximum atomic E-state index is 12.2. The Bertz CT molecular complexity index is 580. The van der Waals surface area contributed by atoms with Gasteiger partial charge in [0.05, 0.1) is 36.8 Å². The highest BCUT2D eigenvalue weighted by Gasteiger charge is 2.22. The fraction of sp³-hybridized carbons (Fsp3) is 0.417. The molecule has 0 heterocycles. The molecule has 1 aromatic rings. The van der Waals surface area contributed by atoms with Crippen LogP contribution in [0.2, 0.25) is 0 Å². The number of sulfonamides is 1. The van der Waals surface area contributed by atoms with Crippen LogP contribution in [0.4, 0.5) is 0 Å². The Balaban J connectivity index is 3.20. The van der Waals surface area contributed by atoms with Gasteiger partial charge in [-0.3, -0.25) is 0 Å². The van der Waals surface area contributed by atoms with E-state index >= 15 is 0 Å². The molecule has 0 spiro atoms. The summed E-state index contributed by atoms with van der Waals surface area (Å²) in [6, 6.07) is 3.12. The second-order valence-electron chi connectivity index (χ2n) is 4.16. The van der Waals surface area contributed by atoms with E-state index in [9.17, 15) is 13.2 Å². The number of rotatable bonds is 6. The zero-order chi connectivity index (χ0) is 15.3. The molecule has 0 aliphatic carbocycles. The Morgan fingerprint density at radius 3 is 2.45 bits per heavy atom. The molecule has 8 heteroatoms. The van der Waals surface area contributed by atoms with Gasteiger partial charge in [-0.2, -0.15) is 0 Å². The first-order chi connectivity index (χ1) is 9.35. The van der Waals surface area contributed by atoms with Crippen LogP contribution in [0.1, 0.15) is 15.9 Å². The number of esters is 1. The van der Waals surface area contributed by atoms with Crippen LogP contribution in [-0.2, 0) is 14.8 Å². The number of carbonyl (C=O) groups excluding carboxylic acids is 1. The average molecular weight is 303 g/mol. The molecule has 20 heavy (non-hydrogen) atoms. The molecule has 0 atom stereocenters. The van der Waals surface area contributed by atoms with E-state index < -0.39 is 35.2 Å². The van der Waals surface area contributed by atoms with Gasteiger partial charge in [-0.25, -0.2) is 17.9 Å². The summed E-state index contributed by atoms with van der Waals surface area (Å²) in [5.74, 6) is -0.651. The van der Waals surface area contributed by atoms with Gasteiger partial charge in [0.1, 0.15) is 0 Å². The first-order valence-corrected chi connectivity index (χ1v) is 7.27. The summed E-state index contributed by atoms with van der Waals surface area (Å²) in [6.07, 6.45) is 0. The molecule has 0 fully saturated rings. The summed E-state index contributed by atoms with van der Waals surface area (Å²) in [4.78, 5) is 11.3. The molecule has 0 saturated heterocycles. The molecule has 0 amide bonds. The summed E-state index contributed by atoms with van der Waals surface area (Å²) in [6.45, 7) is 0.499. The first-order valence-electron chi connectivity index (χ1n) is 5.78. The molecule has 0 aliphatic heterocycles. The van der Waals surface area contributed by atoms with Gasteiger partial charge in [-0.1, -0.05) is 6.07 Å². The van der Waals surface area contributed by atoms with Crippen molar-refractivity contribution in [1.82, 2.24) is 4.72 Å². The van der Waals surface area contributed by atoms with Gasteiger partial charge >= 0.3 is 5.97 Å². The minimum absolute atomic E-state index is 0.100. The van der Waals surface area contributed by atoms with E-state index in [4.69, 9.17) is 10.2 Å². The van der Waals surface area contributed by atoms with Crippen molar-refractivity contribution in [3.63, 3.8) is 0 Å². The molecular formula is C12H17NO6S. The molecule has 0 saturated carbocycles. The van der Waals surface area contributed by atoms with Crippen molar-refractivity contribution in [3.8, 4) is 0 Å². The normalized spacial score (nSPS) is 11.7. The fourth-order valence-corrected chi connectivity index (χ4v) is 3.04. The summed E-state index contributed by atoms with van der Waals surface area (Å²) >= 11 is 0. The highest BCUT2D eigenvalue weighted by Crippen LogP contribution is 2.18. The van der Waals surface area contributed by atoms with Crippen LogP contribution in [0.3, 0.4) is 0 Å². The maximum absolute atomic E-state index is 12.2. The standard InChI is InChI=1S/C12H17NO6S/c1-8-3-4-9(12(16)19-2)5-11(8)20(17,18)13-10(6-14)7-15/h3-5,10,13-15H,6-7H2,1-2H3. The third-order valence-corrected chi connectivity index (χ3v) is 4.32. The van der Waals surface area contributed by atoms with Gasteiger partial charge in [0, 0.05) is 0 Å².